The van der Waals surface area contributed by atoms with E-state index in [0.717, 1.165) is 27.2 Å². The molecular weight excluding hydrogens is 448 g/mol. The summed E-state index contributed by atoms with van der Waals surface area (Å²) in [6.45, 7) is 6.97. The molecule has 1 unspecified atom stereocenters. The van der Waals surface area contributed by atoms with Crippen molar-refractivity contribution >= 4 is 45.5 Å². The summed E-state index contributed by atoms with van der Waals surface area (Å²) >= 11 is 4.59. The average molecular weight is 475 g/mol. The highest BCUT2D eigenvalue weighted by Crippen LogP contribution is 2.26. The topological polar surface area (TPSA) is 67.4 Å². The lowest BCUT2D eigenvalue weighted by Crippen LogP contribution is -2.40. The molecule has 0 aliphatic heterocycles. The lowest BCUT2D eigenvalue weighted by Gasteiger charge is -2.29. The zero-order valence-corrected chi connectivity index (χ0v) is 20.1. The molecule has 0 saturated heterocycles. The van der Waals surface area contributed by atoms with Crippen molar-refractivity contribution in [2.75, 3.05) is 24.7 Å². The third-order valence-electron chi connectivity index (χ3n) is 4.56. The van der Waals surface area contributed by atoms with Crippen molar-refractivity contribution in [1.29, 1.82) is 0 Å². The first-order valence-electron chi connectivity index (χ1n) is 9.85. The van der Waals surface area contributed by atoms with Gasteiger partial charge in [-0.25, -0.2) is 0 Å². The number of amides is 1. The molecule has 3 aromatic rings. The highest BCUT2D eigenvalue weighted by Gasteiger charge is 2.22. The summed E-state index contributed by atoms with van der Waals surface area (Å²) in [6, 6.07) is 12.1. The lowest BCUT2D eigenvalue weighted by atomic mass is 10.1. The van der Waals surface area contributed by atoms with Crippen LogP contribution in [0.2, 0.25) is 0 Å². The molecule has 9 heteroatoms. The van der Waals surface area contributed by atoms with Gasteiger partial charge in [0, 0.05) is 30.4 Å². The maximum atomic E-state index is 13.2. The van der Waals surface area contributed by atoms with Gasteiger partial charge in [0.25, 0.3) is 0 Å². The number of thiophene rings is 1. The fourth-order valence-corrected chi connectivity index (χ4v) is 5.42. The smallest absolute Gasteiger partial charge is 0.233 e. The van der Waals surface area contributed by atoms with Gasteiger partial charge >= 0.3 is 0 Å². The van der Waals surface area contributed by atoms with Gasteiger partial charge in [0.15, 0.2) is 4.34 Å². The van der Waals surface area contributed by atoms with Gasteiger partial charge in [-0.05, 0) is 36.1 Å². The van der Waals surface area contributed by atoms with Crippen LogP contribution in [0.4, 0.5) is 5.13 Å². The predicted octanol–water partition coefficient (Wildman–Crippen LogP) is 4.96. The Morgan fingerprint density at radius 3 is 2.81 bits per heavy atom. The van der Waals surface area contributed by atoms with Gasteiger partial charge in [-0.1, -0.05) is 47.4 Å². The molecule has 164 valence electrons. The Bertz CT molecular complexity index is 958. The Hall–Kier alpha value is -2.36. The Morgan fingerprint density at radius 1 is 1.32 bits per heavy atom. The van der Waals surface area contributed by atoms with E-state index in [4.69, 9.17) is 4.74 Å². The molecule has 0 spiro atoms. The van der Waals surface area contributed by atoms with Crippen LogP contribution in [0.25, 0.3) is 0 Å². The molecule has 0 fully saturated rings. The minimum Gasteiger partial charge on any atom is -0.497 e. The number of anilines is 1. The largest absolute Gasteiger partial charge is 0.497 e. The number of methoxy groups -OCH3 is 1. The van der Waals surface area contributed by atoms with E-state index in [9.17, 15) is 4.79 Å². The average Bonchev–Trinajstić information content (AvgIpc) is 3.46. The molecule has 0 aliphatic carbocycles. The number of hydrogen-bond donors (Lipinski definition) is 1. The molecule has 31 heavy (non-hydrogen) atoms. The third-order valence-corrected chi connectivity index (χ3v) is 7.46. The SMILES string of the molecule is C=CCNc1nnc(SCC(=O)N(Cc2ccc(OC)cc2)C(C)Cc2cccs2)s1. The van der Waals surface area contributed by atoms with Crippen LogP contribution in [0.15, 0.2) is 58.8 Å². The molecule has 2 aromatic heterocycles. The summed E-state index contributed by atoms with van der Waals surface area (Å²) in [5, 5.41) is 14.2. The zero-order chi connectivity index (χ0) is 22.1. The quantitative estimate of drug-likeness (QED) is 0.296. The number of aromatic nitrogens is 2. The molecular formula is C22H26N4O2S3. The fraction of sp³-hybridized carbons (Fsp3) is 0.318. The van der Waals surface area contributed by atoms with Gasteiger partial charge in [-0.3, -0.25) is 4.79 Å². The summed E-state index contributed by atoms with van der Waals surface area (Å²) in [5.74, 6) is 1.21. The standard InChI is InChI=1S/C22H26N4O2S3/c1-4-11-23-21-24-25-22(31-21)30-15-20(27)26(16(2)13-19-6-5-12-29-19)14-17-7-9-18(28-3)10-8-17/h4-10,12,16H,1,11,13-15H2,2-3H3,(H,23,24). The lowest BCUT2D eigenvalue weighted by molar-refractivity contribution is -0.131. The maximum Gasteiger partial charge on any atom is 0.233 e. The van der Waals surface area contributed by atoms with Crippen LogP contribution < -0.4 is 10.1 Å². The highest BCUT2D eigenvalue weighted by molar-refractivity contribution is 8.01. The van der Waals surface area contributed by atoms with E-state index >= 15 is 0 Å². The van der Waals surface area contributed by atoms with Crippen LogP contribution in [0.1, 0.15) is 17.4 Å². The van der Waals surface area contributed by atoms with Crippen LogP contribution in [0.5, 0.6) is 5.75 Å². The van der Waals surface area contributed by atoms with Crippen LogP contribution in [-0.2, 0) is 17.8 Å². The fourth-order valence-electron chi connectivity index (χ4n) is 2.95. The van der Waals surface area contributed by atoms with Gasteiger partial charge in [0.1, 0.15) is 5.75 Å². The van der Waals surface area contributed by atoms with Crippen molar-refractivity contribution in [2.45, 2.75) is 30.3 Å². The Balaban J connectivity index is 1.66. The van der Waals surface area contributed by atoms with E-state index in [1.165, 1.54) is 28.0 Å². The van der Waals surface area contributed by atoms with E-state index in [0.29, 0.717) is 18.8 Å². The summed E-state index contributed by atoms with van der Waals surface area (Å²) in [4.78, 5) is 16.4. The summed E-state index contributed by atoms with van der Waals surface area (Å²) in [5.41, 5.74) is 1.07. The number of carbonyl (C=O) groups is 1. The highest BCUT2D eigenvalue weighted by atomic mass is 32.2. The van der Waals surface area contributed by atoms with Crippen molar-refractivity contribution in [3.8, 4) is 5.75 Å². The molecule has 0 aliphatic rings. The second kappa shape index (κ2) is 11.9. The summed E-state index contributed by atoms with van der Waals surface area (Å²) < 4.78 is 6.02. The van der Waals surface area contributed by atoms with E-state index in [-0.39, 0.29) is 11.9 Å². The van der Waals surface area contributed by atoms with Gasteiger partial charge < -0.3 is 15.0 Å². The molecule has 1 aromatic carbocycles. The summed E-state index contributed by atoms with van der Waals surface area (Å²) in [7, 11) is 1.65. The van der Waals surface area contributed by atoms with E-state index in [2.05, 4.69) is 40.5 Å². The molecule has 1 atom stereocenters. The second-order valence-electron chi connectivity index (χ2n) is 6.83. The number of carbonyl (C=O) groups excluding carboxylic acids is 1. The first-order chi connectivity index (χ1) is 15.1. The Morgan fingerprint density at radius 2 is 2.13 bits per heavy atom. The van der Waals surface area contributed by atoms with Crippen LogP contribution in [0, 0.1) is 0 Å². The molecule has 6 nitrogen and oxygen atoms in total. The van der Waals surface area contributed by atoms with E-state index in [1.54, 1.807) is 24.5 Å². The molecule has 1 amide bonds. The normalized spacial score (nSPS) is 11.7. The van der Waals surface area contributed by atoms with Gasteiger partial charge in [0.05, 0.1) is 12.9 Å². The number of nitrogens with one attached hydrogen (secondary N) is 1. The van der Waals surface area contributed by atoms with Gasteiger partial charge in [0.2, 0.25) is 11.0 Å². The molecule has 0 saturated carbocycles. The monoisotopic (exact) mass is 474 g/mol. The van der Waals surface area contributed by atoms with Gasteiger partial charge in [-0.15, -0.1) is 28.1 Å². The number of thioether (sulfide) groups is 1. The molecule has 3 rings (SSSR count). The number of hydrogen-bond acceptors (Lipinski definition) is 8. The van der Waals surface area contributed by atoms with Crippen LogP contribution in [0.3, 0.4) is 0 Å². The maximum absolute atomic E-state index is 13.2. The van der Waals surface area contributed by atoms with Gasteiger partial charge in [-0.2, -0.15) is 0 Å². The second-order valence-corrected chi connectivity index (χ2v) is 10.1. The first-order valence-corrected chi connectivity index (χ1v) is 12.5. The van der Waals surface area contributed by atoms with Crippen molar-refractivity contribution in [3.63, 3.8) is 0 Å². The summed E-state index contributed by atoms with van der Waals surface area (Å²) in [6.07, 6.45) is 2.60. The first kappa shape index (κ1) is 23.3. The van der Waals surface area contributed by atoms with Crippen molar-refractivity contribution in [2.24, 2.45) is 0 Å². The number of nitrogens with zero attached hydrogens (tertiary/aromatic N) is 3. The molecule has 0 bridgehead atoms. The molecule has 0 radical (unpaired) electrons. The number of ether oxygens (including phenoxy) is 1. The Kier molecular flexibility index (Phi) is 8.93. The predicted molar refractivity (Wildman–Crippen MR) is 130 cm³/mol. The van der Waals surface area contributed by atoms with Crippen LogP contribution in [-0.4, -0.2) is 46.5 Å². The van der Waals surface area contributed by atoms with E-state index < -0.39 is 0 Å². The zero-order valence-electron chi connectivity index (χ0n) is 17.6. The number of benzene rings is 1. The van der Waals surface area contributed by atoms with Crippen molar-refractivity contribution in [1.82, 2.24) is 15.1 Å². The Labute approximate surface area is 195 Å². The molecule has 2 heterocycles. The van der Waals surface area contributed by atoms with Crippen LogP contribution >= 0.6 is 34.4 Å². The van der Waals surface area contributed by atoms with Crippen molar-refractivity contribution < 1.29 is 9.53 Å². The third kappa shape index (κ3) is 7.09. The molecule has 1 N–H and O–H groups in total. The minimum absolute atomic E-state index is 0.0769. The van der Waals surface area contributed by atoms with E-state index in [1.807, 2.05) is 35.2 Å². The van der Waals surface area contributed by atoms with Crippen molar-refractivity contribution in [3.05, 3.63) is 64.9 Å². The number of rotatable bonds is 12. The minimum atomic E-state index is 0.0769.